The van der Waals surface area contributed by atoms with Gasteiger partial charge in [0.05, 0.1) is 21.3 Å². The molecule has 3 N–H and O–H groups in total. The summed E-state index contributed by atoms with van der Waals surface area (Å²) in [5.41, 5.74) is 2.67. The fraction of sp³-hybridized carbons (Fsp3) is 0.182. The smallest absolute Gasteiger partial charge is 0.254 e. The number of aromatic nitrogens is 2. The Morgan fingerprint density at radius 3 is 2.35 bits per heavy atom. The van der Waals surface area contributed by atoms with E-state index < -0.39 is 0 Å². The average molecular weight is 458 g/mol. The van der Waals surface area contributed by atoms with Gasteiger partial charge in [0.15, 0.2) is 0 Å². The maximum atomic E-state index is 12.3. The Balaban J connectivity index is 1.49. The molecule has 160 valence electrons. The van der Waals surface area contributed by atoms with Crippen molar-refractivity contribution in [2.75, 3.05) is 23.7 Å². The molecular weight excluding hydrogens is 437 g/mol. The summed E-state index contributed by atoms with van der Waals surface area (Å²) in [6, 6.07) is 14.2. The summed E-state index contributed by atoms with van der Waals surface area (Å²) in [5.74, 6) is 0.0629. The summed E-state index contributed by atoms with van der Waals surface area (Å²) >= 11 is 12.1. The molecule has 0 saturated heterocycles. The van der Waals surface area contributed by atoms with Crippen LogP contribution in [0.4, 0.5) is 11.6 Å². The summed E-state index contributed by atoms with van der Waals surface area (Å²) in [7, 11) is 0. The number of halogens is 2. The van der Waals surface area contributed by atoms with Gasteiger partial charge in [-0.15, -0.1) is 0 Å². The van der Waals surface area contributed by atoms with Crippen LogP contribution >= 0.6 is 23.2 Å². The minimum absolute atomic E-state index is 0.118. The van der Waals surface area contributed by atoms with E-state index in [1.54, 1.807) is 24.4 Å². The van der Waals surface area contributed by atoms with Gasteiger partial charge in [0.2, 0.25) is 11.9 Å². The molecule has 3 aromatic rings. The molecule has 7 nitrogen and oxygen atoms in total. The first-order valence-electron chi connectivity index (χ1n) is 9.61. The van der Waals surface area contributed by atoms with Gasteiger partial charge in [-0.3, -0.25) is 9.59 Å². The maximum Gasteiger partial charge on any atom is 0.254 e. The van der Waals surface area contributed by atoms with Gasteiger partial charge in [0, 0.05) is 37.5 Å². The van der Waals surface area contributed by atoms with E-state index in [9.17, 15) is 9.59 Å². The molecule has 0 bridgehead atoms. The Hall–Kier alpha value is -3.16. The highest BCUT2D eigenvalue weighted by Gasteiger charge is 2.13. The molecule has 0 aliphatic heterocycles. The molecular formula is C22H21Cl2N5O2. The topological polar surface area (TPSA) is 96.0 Å². The number of hydrogen-bond donors (Lipinski definition) is 3. The molecule has 2 amide bonds. The van der Waals surface area contributed by atoms with Crippen molar-refractivity contribution in [3.05, 3.63) is 70.3 Å². The standard InChI is InChI=1S/C22H21Cl2N5O2/c1-14(30)28-16-8-6-15(7-9-16)19-10-13-27-22(29-19)26-12-3-11-25-21(31)20-17(23)4-2-5-18(20)24/h2,4-10,13H,3,11-12H2,1H3,(H,25,31)(H,28,30)(H,26,27,29). The quantitative estimate of drug-likeness (QED) is 0.428. The number of carbonyl (C=O) groups excluding carboxylic acids is 2. The van der Waals surface area contributed by atoms with E-state index >= 15 is 0 Å². The molecule has 9 heteroatoms. The van der Waals surface area contributed by atoms with Crippen LogP contribution < -0.4 is 16.0 Å². The van der Waals surface area contributed by atoms with Crippen LogP contribution in [-0.2, 0) is 4.79 Å². The van der Waals surface area contributed by atoms with Gasteiger partial charge < -0.3 is 16.0 Å². The first kappa shape index (κ1) is 22.5. The van der Waals surface area contributed by atoms with Crippen LogP contribution in [0.15, 0.2) is 54.7 Å². The molecule has 1 aromatic heterocycles. The van der Waals surface area contributed by atoms with E-state index in [4.69, 9.17) is 23.2 Å². The highest BCUT2D eigenvalue weighted by Crippen LogP contribution is 2.24. The van der Waals surface area contributed by atoms with Crippen LogP contribution in [0, 0.1) is 0 Å². The predicted molar refractivity (Wildman–Crippen MR) is 124 cm³/mol. The maximum absolute atomic E-state index is 12.3. The van der Waals surface area contributed by atoms with Crippen molar-refractivity contribution in [2.45, 2.75) is 13.3 Å². The van der Waals surface area contributed by atoms with E-state index in [1.165, 1.54) is 6.92 Å². The van der Waals surface area contributed by atoms with Crippen LogP contribution in [0.1, 0.15) is 23.7 Å². The van der Waals surface area contributed by atoms with Gasteiger partial charge in [0.1, 0.15) is 0 Å². The van der Waals surface area contributed by atoms with Crippen LogP contribution in [0.3, 0.4) is 0 Å². The number of hydrogen-bond acceptors (Lipinski definition) is 5. The molecule has 3 rings (SSSR count). The van der Waals surface area contributed by atoms with Crippen LogP contribution in [-0.4, -0.2) is 34.9 Å². The Labute approximate surface area is 190 Å². The van der Waals surface area contributed by atoms with E-state index in [2.05, 4.69) is 25.9 Å². The molecule has 0 radical (unpaired) electrons. The Morgan fingerprint density at radius 2 is 1.68 bits per heavy atom. The molecule has 2 aromatic carbocycles. The zero-order valence-corrected chi connectivity index (χ0v) is 18.3. The minimum Gasteiger partial charge on any atom is -0.354 e. The molecule has 0 atom stereocenters. The number of nitrogens with one attached hydrogen (secondary N) is 3. The van der Waals surface area contributed by atoms with Gasteiger partial charge in [-0.1, -0.05) is 41.4 Å². The Bertz CT molecular complexity index is 1050. The number of benzene rings is 2. The second kappa shape index (κ2) is 10.7. The zero-order valence-electron chi connectivity index (χ0n) is 16.8. The summed E-state index contributed by atoms with van der Waals surface area (Å²) in [4.78, 5) is 32.1. The molecule has 0 spiro atoms. The molecule has 1 heterocycles. The van der Waals surface area contributed by atoms with E-state index in [0.29, 0.717) is 35.5 Å². The van der Waals surface area contributed by atoms with Crippen molar-refractivity contribution in [2.24, 2.45) is 0 Å². The van der Waals surface area contributed by atoms with Crippen molar-refractivity contribution in [3.8, 4) is 11.3 Å². The third-order valence-corrected chi connectivity index (χ3v) is 4.90. The molecule has 0 aliphatic carbocycles. The summed E-state index contributed by atoms with van der Waals surface area (Å²) in [6.07, 6.45) is 2.33. The van der Waals surface area contributed by atoms with Gasteiger partial charge in [-0.05, 0) is 36.8 Å². The van der Waals surface area contributed by atoms with Crippen LogP contribution in [0.5, 0.6) is 0 Å². The minimum atomic E-state index is -0.309. The summed E-state index contributed by atoms with van der Waals surface area (Å²) in [5, 5.41) is 9.32. The predicted octanol–water partition coefficient (Wildman–Crippen LogP) is 4.64. The zero-order chi connectivity index (χ0) is 22.2. The summed E-state index contributed by atoms with van der Waals surface area (Å²) < 4.78 is 0. The fourth-order valence-corrected chi connectivity index (χ4v) is 3.39. The van der Waals surface area contributed by atoms with Crippen molar-refractivity contribution < 1.29 is 9.59 Å². The van der Waals surface area contributed by atoms with Gasteiger partial charge in [-0.25, -0.2) is 9.97 Å². The van der Waals surface area contributed by atoms with Crippen LogP contribution in [0.2, 0.25) is 10.0 Å². The lowest BCUT2D eigenvalue weighted by atomic mass is 10.1. The van der Waals surface area contributed by atoms with Crippen molar-refractivity contribution in [1.82, 2.24) is 15.3 Å². The first-order chi connectivity index (χ1) is 14.9. The lowest BCUT2D eigenvalue weighted by molar-refractivity contribution is -0.114. The number of carbonyl (C=O) groups is 2. The molecule has 31 heavy (non-hydrogen) atoms. The molecule has 0 saturated carbocycles. The Morgan fingerprint density at radius 1 is 0.968 bits per heavy atom. The first-order valence-corrected chi connectivity index (χ1v) is 10.4. The van der Waals surface area contributed by atoms with Crippen molar-refractivity contribution in [3.63, 3.8) is 0 Å². The normalized spacial score (nSPS) is 10.4. The third-order valence-electron chi connectivity index (χ3n) is 4.27. The summed E-state index contributed by atoms with van der Waals surface area (Å²) in [6.45, 7) is 2.48. The highest BCUT2D eigenvalue weighted by atomic mass is 35.5. The number of amides is 2. The number of rotatable bonds is 8. The molecule has 0 fully saturated rings. The van der Waals surface area contributed by atoms with Crippen LogP contribution in [0.25, 0.3) is 11.3 Å². The number of anilines is 2. The SMILES string of the molecule is CC(=O)Nc1ccc(-c2ccnc(NCCCNC(=O)c3c(Cl)cccc3Cl)n2)cc1. The largest absolute Gasteiger partial charge is 0.354 e. The number of nitrogens with zero attached hydrogens (tertiary/aromatic N) is 2. The van der Waals surface area contributed by atoms with Crippen molar-refractivity contribution >= 4 is 46.7 Å². The molecule has 0 aliphatic rings. The third kappa shape index (κ3) is 6.41. The lowest BCUT2D eigenvalue weighted by Gasteiger charge is -2.09. The second-order valence-electron chi connectivity index (χ2n) is 6.66. The van der Waals surface area contributed by atoms with Gasteiger partial charge in [-0.2, -0.15) is 0 Å². The molecule has 0 unspecified atom stereocenters. The van der Waals surface area contributed by atoms with E-state index in [0.717, 1.165) is 16.9 Å². The lowest BCUT2D eigenvalue weighted by Crippen LogP contribution is -2.26. The second-order valence-corrected chi connectivity index (χ2v) is 7.47. The van der Waals surface area contributed by atoms with E-state index in [-0.39, 0.29) is 17.4 Å². The highest BCUT2D eigenvalue weighted by molar-refractivity contribution is 6.39. The average Bonchev–Trinajstić information content (AvgIpc) is 2.74. The fourth-order valence-electron chi connectivity index (χ4n) is 2.83. The van der Waals surface area contributed by atoms with Gasteiger partial charge in [0.25, 0.3) is 5.91 Å². The van der Waals surface area contributed by atoms with Gasteiger partial charge >= 0.3 is 0 Å². The monoisotopic (exact) mass is 457 g/mol. The van der Waals surface area contributed by atoms with E-state index in [1.807, 2.05) is 30.3 Å². The Kier molecular flexibility index (Phi) is 7.81. The van der Waals surface area contributed by atoms with Crippen molar-refractivity contribution in [1.29, 1.82) is 0 Å².